The van der Waals surface area contributed by atoms with Gasteiger partial charge in [-0.15, -0.1) is 0 Å². The number of pyridine rings is 1. The van der Waals surface area contributed by atoms with Crippen LogP contribution in [0.3, 0.4) is 0 Å². The van der Waals surface area contributed by atoms with Crippen LogP contribution in [0, 0.1) is 6.92 Å². The largest absolute Gasteiger partial charge is 0.385 e. The molecule has 1 heterocycles. The molecule has 1 aromatic rings. The Morgan fingerprint density at radius 1 is 1.37 bits per heavy atom. The fraction of sp³-hybridized carbons (Fsp3) is 0.600. The third kappa shape index (κ3) is 4.23. The van der Waals surface area contributed by atoms with Crippen LogP contribution < -0.4 is 5.32 Å². The van der Waals surface area contributed by atoms with E-state index < -0.39 is 0 Å². The van der Waals surface area contributed by atoms with Gasteiger partial charge in [0, 0.05) is 31.5 Å². The summed E-state index contributed by atoms with van der Waals surface area (Å²) in [5, 5.41) is 3.25. The molecule has 19 heavy (non-hydrogen) atoms. The van der Waals surface area contributed by atoms with Crippen molar-refractivity contribution in [3.8, 4) is 0 Å². The first-order valence-electron chi connectivity index (χ1n) is 7.13. The first kappa shape index (κ1) is 15.5. The van der Waals surface area contributed by atoms with Crippen molar-refractivity contribution in [3.05, 3.63) is 23.5 Å². The molecular weight excluding hydrogens is 238 g/mol. The van der Waals surface area contributed by atoms with Gasteiger partial charge in [0.1, 0.15) is 0 Å². The van der Waals surface area contributed by atoms with E-state index in [0.29, 0.717) is 5.56 Å². The summed E-state index contributed by atoms with van der Waals surface area (Å²) in [5.74, 6) is 0.0689. The van der Waals surface area contributed by atoms with Crippen molar-refractivity contribution >= 4 is 11.6 Å². The average molecular weight is 263 g/mol. The number of aromatic nitrogens is 1. The summed E-state index contributed by atoms with van der Waals surface area (Å²) in [7, 11) is 0. The number of nitrogens with one attached hydrogen (secondary N) is 1. The van der Waals surface area contributed by atoms with Crippen LogP contribution in [-0.2, 0) is 0 Å². The molecule has 0 fully saturated rings. The molecule has 0 radical (unpaired) electrons. The lowest BCUT2D eigenvalue weighted by Crippen LogP contribution is -2.32. The smallest absolute Gasteiger partial charge is 0.257 e. The summed E-state index contributed by atoms with van der Waals surface area (Å²) < 4.78 is 0. The summed E-state index contributed by atoms with van der Waals surface area (Å²) in [4.78, 5) is 18.7. The van der Waals surface area contributed by atoms with E-state index in [1.807, 2.05) is 31.7 Å². The van der Waals surface area contributed by atoms with Gasteiger partial charge in [-0.2, -0.15) is 0 Å². The van der Waals surface area contributed by atoms with Crippen molar-refractivity contribution in [1.82, 2.24) is 9.88 Å². The monoisotopic (exact) mass is 263 g/mol. The molecule has 0 saturated carbocycles. The first-order chi connectivity index (χ1) is 9.13. The number of aryl methyl sites for hydroxylation is 1. The fourth-order valence-corrected chi connectivity index (χ4v) is 1.99. The molecule has 0 saturated heterocycles. The van der Waals surface area contributed by atoms with E-state index in [1.165, 1.54) is 0 Å². The maximum Gasteiger partial charge on any atom is 0.257 e. The summed E-state index contributed by atoms with van der Waals surface area (Å²) in [5.41, 5.74) is 2.48. The van der Waals surface area contributed by atoms with E-state index in [2.05, 4.69) is 17.2 Å². The molecule has 4 heteroatoms. The highest BCUT2D eigenvalue weighted by Gasteiger charge is 2.17. The highest BCUT2D eigenvalue weighted by atomic mass is 16.2. The molecule has 0 aliphatic carbocycles. The molecule has 0 unspecified atom stereocenters. The second-order valence-electron chi connectivity index (χ2n) is 4.64. The second-order valence-corrected chi connectivity index (χ2v) is 4.64. The summed E-state index contributed by atoms with van der Waals surface area (Å²) in [6, 6.07) is 1.93. The molecule has 0 atom stereocenters. The number of hydrogen-bond acceptors (Lipinski definition) is 3. The minimum Gasteiger partial charge on any atom is -0.385 e. The van der Waals surface area contributed by atoms with E-state index in [9.17, 15) is 4.79 Å². The Bertz CT molecular complexity index is 418. The average Bonchev–Trinajstić information content (AvgIpc) is 2.40. The maximum atomic E-state index is 12.5. The van der Waals surface area contributed by atoms with Gasteiger partial charge in [-0.1, -0.05) is 13.3 Å². The SMILES string of the molecule is CCCCN(CC)C(=O)c1cnc(C)cc1NCC. The molecule has 0 aromatic carbocycles. The molecule has 0 aliphatic rings. The van der Waals surface area contributed by atoms with E-state index in [-0.39, 0.29) is 5.91 Å². The third-order valence-electron chi connectivity index (χ3n) is 3.09. The van der Waals surface area contributed by atoms with Crippen molar-refractivity contribution in [3.63, 3.8) is 0 Å². The quantitative estimate of drug-likeness (QED) is 0.822. The minimum atomic E-state index is 0.0689. The van der Waals surface area contributed by atoms with Crippen LogP contribution in [0.1, 0.15) is 49.7 Å². The van der Waals surface area contributed by atoms with Crippen LogP contribution in [0.5, 0.6) is 0 Å². The van der Waals surface area contributed by atoms with Crippen LogP contribution in [-0.4, -0.2) is 35.4 Å². The lowest BCUT2D eigenvalue weighted by Gasteiger charge is -2.22. The lowest BCUT2D eigenvalue weighted by atomic mass is 10.1. The molecule has 1 N–H and O–H groups in total. The van der Waals surface area contributed by atoms with Gasteiger partial charge in [0.15, 0.2) is 0 Å². The molecule has 1 aromatic heterocycles. The molecule has 106 valence electrons. The van der Waals surface area contributed by atoms with Crippen molar-refractivity contribution in [1.29, 1.82) is 0 Å². The Morgan fingerprint density at radius 3 is 2.68 bits per heavy atom. The van der Waals surface area contributed by atoms with Crippen molar-refractivity contribution < 1.29 is 4.79 Å². The third-order valence-corrected chi connectivity index (χ3v) is 3.09. The fourth-order valence-electron chi connectivity index (χ4n) is 1.99. The van der Waals surface area contributed by atoms with Crippen LogP contribution in [0.15, 0.2) is 12.3 Å². The predicted molar refractivity (Wildman–Crippen MR) is 79.6 cm³/mol. The Labute approximate surface area is 116 Å². The highest BCUT2D eigenvalue weighted by Crippen LogP contribution is 2.18. The van der Waals surface area contributed by atoms with Gasteiger partial charge in [0.2, 0.25) is 0 Å². The summed E-state index contributed by atoms with van der Waals surface area (Å²) in [6.45, 7) is 10.5. The number of carbonyl (C=O) groups excluding carboxylic acids is 1. The van der Waals surface area contributed by atoms with Crippen LogP contribution >= 0.6 is 0 Å². The van der Waals surface area contributed by atoms with Crippen molar-refractivity contribution in [2.24, 2.45) is 0 Å². The zero-order valence-electron chi connectivity index (χ0n) is 12.5. The lowest BCUT2D eigenvalue weighted by molar-refractivity contribution is 0.0763. The van der Waals surface area contributed by atoms with Gasteiger partial charge < -0.3 is 10.2 Å². The topological polar surface area (TPSA) is 45.2 Å². The van der Waals surface area contributed by atoms with Gasteiger partial charge in [0.05, 0.1) is 11.3 Å². The number of hydrogen-bond donors (Lipinski definition) is 1. The Balaban J connectivity index is 2.96. The van der Waals surface area contributed by atoms with Crippen molar-refractivity contribution in [2.75, 3.05) is 25.0 Å². The Kier molecular flexibility index (Phi) is 6.33. The summed E-state index contributed by atoms with van der Waals surface area (Å²) >= 11 is 0. The normalized spacial score (nSPS) is 10.3. The van der Waals surface area contributed by atoms with E-state index in [0.717, 1.165) is 43.9 Å². The first-order valence-corrected chi connectivity index (χ1v) is 7.13. The number of carbonyl (C=O) groups is 1. The molecule has 0 bridgehead atoms. The standard InChI is InChI=1S/C15H25N3O/c1-5-8-9-18(7-3)15(19)13-11-17-12(4)10-14(13)16-6-2/h10-11H,5-9H2,1-4H3,(H,16,17). The molecule has 4 nitrogen and oxygen atoms in total. The van der Waals surface area contributed by atoms with Crippen LogP contribution in [0.25, 0.3) is 0 Å². The van der Waals surface area contributed by atoms with Gasteiger partial charge in [-0.25, -0.2) is 0 Å². The number of nitrogens with zero attached hydrogens (tertiary/aromatic N) is 2. The summed E-state index contributed by atoms with van der Waals surface area (Å²) in [6.07, 6.45) is 3.82. The second kappa shape index (κ2) is 7.77. The number of amides is 1. The number of anilines is 1. The number of rotatable bonds is 7. The van der Waals surface area contributed by atoms with E-state index in [4.69, 9.17) is 0 Å². The van der Waals surface area contributed by atoms with Crippen LogP contribution in [0.4, 0.5) is 5.69 Å². The predicted octanol–water partition coefficient (Wildman–Crippen LogP) is 3.08. The van der Waals surface area contributed by atoms with E-state index in [1.54, 1.807) is 6.20 Å². The van der Waals surface area contributed by atoms with Crippen LogP contribution in [0.2, 0.25) is 0 Å². The van der Waals surface area contributed by atoms with Crippen molar-refractivity contribution in [2.45, 2.75) is 40.5 Å². The molecule has 1 rings (SSSR count). The van der Waals surface area contributed by atoms with Gasteiger partial charge in [0.25, 0.3) is 5.91 Å². The zero-order chi connectivity index (χ0) is 14.3. The Morgan fingerprint density at radius 2 is 2.11 bits per heavy atom. The highest BCUT2D eigenvalue weighted by molar-refractivity contribution is 5.99. The molecule has 1 amide bonds. The molecular formula is C15H25N3O. The van der Waals surface area contributed by atoms with Gasteiger partial charge in [-0.05, 0) is 33.3 Å². The maximum absolute atomic E-state index is 12.5. The minimum absolute atomic E-state index is 0.0689. The van der Waals surface area contributed by atoms with Gasteiger partial charge >= 0.3 is 0 Å². The molecule has 0 aliphatic heterocycles. The zero-order valence-corrected chi connectivity index (χ0v) is 12.5. The van der Waals surface area contributed by atoms with E-state index >= 15 is 0 Å². The molecule has 0 spiro atoms. The Hall–Kier alpha value is -1.58. The van der Waals surface area contributed by atoms with Gasteiger partial charge in [-0.3, -0.25) is 9.78 Å². The number of unbranched alkanes of at least 4 members (excludes halogenated alkanes) is 1.